The fraction of sp³-hybridized carbons (Fsp3) is 0.483. The molecule has 2 rings (SSSR count). The summed E-state index contributed by atoms with van der Waals surface area (Å²) in [5.41, 5.74) is 0.468. The third-order valence-corrected chi connectivity index (χ3v) is 5.60. The Hall–Kier alpha value is -3.75. The maximum absolute atomic E-state index is 14.2. The van der Waals surface area contributed by atoms with Crippen LogP contribution in [0.1, 0.15) is 71.6 Å². The second kappa shape index (κ2) is 13.7. The lowest BCUT2D eigenvalue weighted by molar-refractivity contribution is -0.142. The first kappa shape index (κ1) is 30.5. The van der Waals surface area contributed by atoms with Crippen LogP contribution in [-0.4, -0.2) is 57.3 Å². The van der Waals surface area contributed by atoms with Gasteiger partial charge in [-0.15, -0.1) is 0 Å². The summed E-state index contributed by atoms with van der Waals surface area (Å²) in [7, 11) is 0. The van der Waals surface area contributed by atoms with Gasteiger partial charge in [0, 0.05) is 19.0 Å². The molecule has 4 N–H and O–H groups in total. The molecule has 0 fully saturated rings. The number of phenols is 2. The van der Waals surface area contributed by atoms with E-state index in [0.29, 0.717) is 17.5 Å². The number of phenolic OH excluding ortho intramolecular Hbond substituents is 2. The van der Waals surface area contributed by atoms with Crippen LogP contribution in [0.2, 0.25) is 0 Å². The summed E-state index contributed by atoms with van der Waals surface area (Å²) in [6.07, 6.45) is 0.779. The maximum atomic E-state index is 14.2. The molecular formula is C29H41N3O6. The molecule has 0 aliphatic carbocycles. The third-order valence-electron chi connectivity index (χ3n) is 5.60. The van der Waals surface area contributed by atoms with Gasteiger partial charge in [-0.05, 0) is 76.4 Å². The van der Waals surface area contributed by atoms with Crippen molar-refractivity contribution in [1.82, 2.24) is 15.5 Å². The van der Waals surface area contributed by atoms with E-state index < -0.39 is 29.7 Å². The molecule has 0 aromatic heterocycles. The van der Waals surface area contributed by atoms with Crippen LogP contribution in [0.25, 0.3) is 0 Å². The zero-order chi connectivity index (χ0) is 28.5. The molecule has 0 radical (unpaired) electrons. The highest BCUT2D eigenvalue weighted by Gasteiger charge is 2.36. The normalized spacial score (nSPS) is 12.9. The highest BCUT2D eigenvalue weighted by atomic mass is 16.6. The van der Waals surface area contributed by atoms with E-state index in [1.165, 1.54) is 29.2 Å². The fourth-order valence-corrected chi connectivity index (χ4v) is 3.91. The maximum Gasteiger partial charge on any atom is 0.408 e. The molecule has 0 bridgehead atoms. The lowest BCUT2D eigenvalue weighted by Crippen LogP contribution is -2.54. The van der Waals surface area contributed by atoms with Crippen molar-refractivity contribution < 1.29 is 29.3 Å². The fourth-order valence-electron chi connectivity index (χ4n) is 3.91. The highest BCUT2D eigenvalue weighted by molar-refractivity contribution is 5.92. The molecule has 208 valence electrons. The summed E-state index contributed by atoms with van der Waals surface area (Å²) in [5, 5.41) is 25.1. The van der Waals surface area contributed by atoms with Gasteiger partial charge < -0.3 is 30.5 Å². The number of amides is 3. The molecule has 0 saturated heterocycles. The predicted octanol–water partition coefficient (Wildman–Crippen LogP) is 4.43. The largest absolute Gasteiger partial charge is 0.508 e. The van der Waals surface area contributed by atoms with Crippen LogP contribution in [0.4, 0.5) is 4.79 Å². The van der Waals surface area contributed by atoms with Crippen LogP contribution in [0.5, 0.6) is 11.5 Å². The van der Waals surface area contributed by atoms with Gasteiger partial charge in [0.05, 0.1) is 0 Å². The van der Waals surface area contributed by atoms with Gasteiger partial charge in [-0.2, -0.15) is 0 Å². The summed E-state index contributed by atoms with van der Waals surface area (Å²) in [6.45, 7) is 11.1. The predicted molar refractivity (Wildman–Crippen MR) is 146 cm³/mol. The Kier molecular flexibility index (Phi) is 11.0. The molecule has 0 saturated carbocycles. The first-order valence-corrected chi connectivity index (χ1v) is 13.0. The van der Waals surface area contributed by atoms with Crippen LogP contribution in [0.15, 0.2) is 48.5 Å². The van der Waals surface area contributed by atoms with Gasteiger partial charge in [-0.25, -0.2) is 4.79 Å². The number of aromatic hydroxyl groups is 2. The van der Waals surface area contributed by atoms with E-state index in [2.05, 4.69) is 10.6 Å². The second-order valence-electron chi connectivity index (χ2n) is 10.6. The Labute approximate surface area is 225 Å². The number of unbranched alkanes of at least 4 members (excludes halogenated alkanes) is 1. The number of hydrogen-bond donors (Lipinski definition) is 4. The molecule has 9 nitrogen and oxygen atoms in total. The van der Waals surface area contributed by atoms with Gasteiger partial charge >= 0.3 is 6.09 Å². The first-order valence-electron chi connectivity index (χ1n) is 13.0. The van der Waals surface area contributed by atoms with Gasteiger partial charge in [-0.1, -0.05) is 37.6 Å². The van der Waals surface area contributed by atoms with Crippen molar-refractivity contribution >= 4 is 17.9 Å². The van der Waals surface area contributed by atoms with Gasteiger partial charge in [-0.3, -0.25) is 9.59 Å². The number of carbonyl (C=O) groups is 3. The highest BCUT2D eigenvalue weighted by Crippen LogP contribution is 2.26. The van der Waals surface area contributed by atoms with Crippen molar-refractivity contribution in [2.75, 3.05) is 6.54 Å². The zero-order valence-corrected chi connectivity index (χ0v) is 23.2. The lowest BCUT2D eigenvalue weighted by Gasteiger charge is -2.35. The number of carbonyl (C=O) groups excluding carboxylic acids is 3. The van der Waals surface area contributed by atoms with Crippen LogP contribution in [0, 0.1) is 0 Å². The third kappa shape index (κ3) is 9.61. The minimum absolute atomic E-state index is 0.0417. The minimum Gasteiger partial charge on any atom is -0.508 e. The molecule has 3 amide bonds. The molecular weight excluding hydrogens is 486 g/mol. The minimum atomic E-state index is -1.04. The number of benzene rings is 2. The van der Waals surface area contributed by atoms with Crippen molar-refractivity contribution in [3.63, 3.8) is 0 Å². The second-order valence-corrected chi connectivity index (χ2v) is 10.6. The Morgan fingerprint density at radius 2 is 1.47 bits per heavy atom. The molecule has 0 heterocycles. The molecule has 2 aromatic carbocycles. The van der Waals surface area contributed by atoms with Crippen LogP contribution in [-0.2, 0) is 20.7 Å². The molecule has 0 aliphatic heterocycles. The summed E-state index contributed by atoms with van der Waals surface area (Å²) < 4.78 is 5.43. The standard InChI is InChI=1S/C29H41N3O6/c1-7-8-17-32(25(26(35)30-19(2)3)21-11-15-23(34)16-12-21)27(36)24(31-28(37)38-29(4,5)6)18-20-9-13-22(33)14-10-20/h9-16,19,24-25,33-34H,7-8,17-18H2,1-6H3,(H,30,35)(H,31,37). The topological polar surface area (TPSA) is 128 Å². The summed E-state index contributed by atoms with van der Waals surface area (Å²) in [6, 6.07) is 10.3. The number of ether oxygens (including phenoxy) is 1. The lowest BCUT2D eigenvalue weighted by atomic mass is 9.99. The molecule has 0 spiro atoms. The van der Waals surface area contributed by atoms with Gasteiger partial charge in [0.1, 0.15) is 29.2 Å². The van der Waals surface area contributed by atoms with Gasteiger partial charge in [0.25, 0.3) is 0 Å². The van der Waals surface area contributed by atoms with Crippen molar-refractivity contribution in [2.45, 2.75) is 84.5 Å². The van der Waals surface area contributed by atoms with E-state index in [4.69, 9.17) is 4.74 Å². The van der Waals surface area contributed by atoms with Gasteiger partial charge in [0.15, 0.2) is 0 Å². The van der Waals surface area contributed by atoms with Crippen LogP contribution < -0.4 is 10.6 Å². The monoisotopic (exact) mass is 527 g/mol. The SMILES string of the molecule is CCCCN(C(=O)C(Cc1ccc(O)cc1)NC(=O)OC(C)(C)C)C(C(=O)NC(C)C)c1ccc(O)cc1. The molecule has 2 atom stereocenters. The summed E-state index contributed by atoms with van der Waals surface area (Å²) in [4.78, 5) is 41.9. The number of alkyl carbamates (subject to hydrolysis) is 1. The van der Waals surface area contributed by atoms with Crippen LogP contribution in [0.3, 0.4) is 0 Å². The summed E-state index contributed by atoms with van der Waals surface area (Å²) in [5.74, 6) is -0.691. The Morgan fingerprint density at radius 1 is 0.921 bits per heavy atom. The van der Waals surface area contributed by atoms with E-state index in [1.807, 2.05) is 20.8 Å². The molecule has 2 unspecified atom stereocenters. The average Bonchev–Trinajstić information content (AvgIpc) is 2.81. The number of nitrogens with one attached hydrogen (secondary N) is 2. The van der Waals surface area contributed by atoms with Crippen molar-refractivity contribution in [2.24, 2.45) is 0 Å². The van der Waals surface area contributed by atoms with Crippen molar-refractivity contribution in [1.29, 1.82) is 0 Å². The smallest absolute Gasteiger partial charge is 0.408 e. The Morgan fingerprint density at radius 3 is 1.97 bits per heavy atom. The van der Waals surface area contributed by atoms with Gasteiger partial charge in [0.2, 0.25) is 11.8 Å². The van der Waals surface area contributed by atoms with E-state index in [-0.39, 0.29) is 36.4 Å². The molecule has 2 aromatic rings. The van der Waals surface area contributed by atoms with Crippen molar-refractivity contribution in [3.8, 4) is 11.5 Å². The number of hydrogen-bond acceptors (Lipinski definition) is 6. The average molecular weight is 528 g/mol. The number of nitrogens with zero attached hydrogens (tertiary/aromatic N) is 1. The molecule has 38 heavy (non-hydrogen) atoms. The Balaban J connectivity index is 2.53. The summed E-state index contributed by atoms with van der Waals surface area (Å²) >= 11 is 0. The van der Waals surface area contributed by atoms with E-state index in [0.717, 1.165) is 6.42 Å². The molecule has 9 heteroatoms. The quantitative estimate of drug-likeness (QED) is 0.342. The Bertz CT molecular complexity index is 1060. The van der Waals surface area contributed by atoms with Crippen molar-refractivity contribution in [3.05, 3.63) is 59.7 Å². The zero-order valence-electron chi connectivity index (χ0n) is 23.2. The van der Waals surface area contributed by atoms with E-state index in [1.54, 1.807) is 45.0 Å². The number of rotatable bonds is 11. The van der Waals surface area contributed by atoms with E-state index >= 15 is 0 Å². The molecule has 0 aliphatic rings. The van der Waals surface area contributed by atoms with Crippen LogP contribution >= 0.6 is 0 Å². The van der Waals surface area contributed by atoms with E-state index in [9.17, 15) is 24.6 Å². The first-order chi connectivity index (χ1) is 17.8.